The summed E-state index contributed by atoms with van der Waals surface area (Å²) in [6.07, 6.45) is 1.78. The Labute approximate surface area is 221 Å². The minimum absolute atomic E-state index is 0.228. The van der Waals surface area contributed by atoms with Crippen LogP contribution in [0.25, 0.3) is 17.2 Å². The molecule has 0 heterocycles. The molecule has 0 aliphatic heterocycles. The highest BCUT2D eigenvalue weighted by Gasteiger charge is 2.20. The minimum Gasteiger partial charge on any atom is -0.744 e. The van der Waals surface area contributed by atoms with E-state index < -0.39 is 16.1 Å². The van der Waals surface area contributed by atoms with Crippen LogP contribution in [0.2, 0.25) is 0 Å². The SMILES string of the molecule is C=Cc1ccc(-c2cc(I)c(C(=O)Oc3cc(C(C)C)c(S(=O)(=O)[O-])cc3C)cc2I)cc1. The lowest BCUT2D eigenvalue weighted by Crippen LogP contribution is -2.13. The van der Waals surface area contributed by atoms with E-state index in [0.29, 0.717) is 16.7 Å². The number of rotatable bonds is 6. The van der Waals surface area contributed by atoms with Crippen molar-refractivity contribution in [1.29, 1.82) is 0 Å². The van der Waals surface area contributed by atoms with Gasteiger partial charge in [-0.3, -0.25) is 0 Å². The lowest BCUT2D eigenvalue weighted by molar-refractivity contribution is 0.0732. The maximum Gasteiger partial charge on any atom is 0.344 e. The molecule has 0 fully saturated rings. The largest absolute Gasteiger partial charge is 0.744 e. The van der Waals surface area contributed by atoms with Gasteiger partial charge in [0.25, 0.3) is 0 Å². The number of benzene rings is 3. The zero-order chi connectivity index (χ0) is 24.5. The molecule has 33 heavy (non-hydrogen) atoms. The van der Waals surface area contributed by atoms with E-state index in [0.717, 1.165) is 23.8 Å². The molecule has 0 unspecified atom stereocenters. The molecule has 0 bridgehead atoms. The van der Waals surface area contributed by atoms with Gasteiger partial charge in [-0.05, 0) is 110 Å². The van der Waals surface area contributed by atoms with E-state index in [-0.39, 0.29) is 16.6 Å². The van der Waals surface area contributed by atoms with E-state index in [2.05, 4.69) is 51.8 Å². The molecule has 0 saturated heterocycles. The van der Waals surface area contributed by atoms with Gasteiger partial charge in [0.15, 0.2) is 0 Å². The quantitative estimate of drug-likeness (QED) is 0.124. The van der Waals surface area contributed by atoms with Gasteiger partial charge < -0.3 is 9.29 Å². The fourth-order valence-corrected chi connectivity index (χ4v) is 5.70. The second-order valence-corrected chi connectivity index (χ2v) is 11.5. The number of carbonyl (C=O) groups excluding carboxylic acids is 1. The lowest BCUT2D eigenvalue weighted by atomic mass is 10.0. The second-order valence-electron chi connectivity index (χ2n) is 7.79. The van der Waals surface area contributed by atoms with Gasteiger partial charge in [-0.1, -0.05) is 50.8 Å². The van der Waals surface area contributed by atoms with Crippen molar-refractivity contribution in [2.24, 2.45) is 0 Å². The van der Waals surface area contributed by atoms with Gasteiger partial charge in [0.2, 0.25) is 0 Å². The van der Waals surface area contributed by atoms with Crippen LogP contribution >= 0.6 is 45.2 Å². The summed E-state index contributed by atoms with van der Waals surface area (Å²) in [5.74, 6) is -0.568. The molecule has 0 aromatic heterocycles. The van der Waals surface area contributed by atoms with Crippen molar-refractivity contribution in [2.75, 3.05) is 0 Å². The van der Waals surface area contributed by atoms with Crippen LogP contribution in [0, 0.1) is 14.1 Å². The predicted octanol–water partition coefficient (Wildman–Crippen LogP) is 6.76. The molecule has 0 saturated carbocycles. The molecule has 8 heteroatoms. The van der Waals surface area contributed by atoms with Crippen LogP contribution in [-0.2, 0) is 10.1 Å². The maximum absolute atomic E-state index is 13.0. The van der Waals surface area contributed by atoms with Crippen LogP contribution in [0.1, 0.15) is 46.8 Å². The van der Waals surface area contributed by atoms with Gasteiger partial charge in [0, 0.05) is 7.14 Å². The number of halogens is 2. The van der Waals surface area contributed by atoms with Gasteiger partial charge in [-0.15, -0.1) is 0 Å². The number of esters is 1. The van der Waals surface area contributed by atoms with Crippen LogP contribution in [-0.4, -0.2) is 18.9 Å². The Bertz CT molecular complexity index is 1340. The van der Waals surface area contributed by atoms with Gasteiger partial charge in [0.1, 0.15) is 15.9 Å². The van der Waals surface area contributed by atoms with Crippen molar-refractivity contribution < 1.29 is 22.5 Å². The third-order valence-electron chi connectivity index (χ3n) is 5.14. The number of aryl methyl sites for hydroxylation is 1. The van der Waals surface area contributed by atoms with Crippen LogP contribution < -0.4 is 4.74 Å². The average molecular weight is 687 g/mol. The van der Waals surface area contributed by atoms with Crippen molar-refractivity contribution in [1.82, 2.24) is 0 Å². The molecule has 0 spiro atoms. The summed E-state index contributed by atoms with van der Waals surface area (Å²) in [4.78, 5) is 12.7. The first-order valence-electron chi connectivity index (χ1n) is 9.97. The monoisotopic (exact) mass is 687 g/mol. The molecule has 3 rings (SSSR count). The Balaban J connectivity index is 1.97. The molecule has 0 aliphatic carbocycles. The zero-order valence-corrected chi connectivity index (χ0v) is 23.3. The van der Waals surface area contributed by atoms with Crippen molar-refractivity contribution in [3.8, 4) is 16.9 Å². The molecular formula is C25H21I2O5S-. The molecule has 0 N–H and O–H groups in total. The van der Waals surface area contributed by atoms with Crippen molar-refractivity contribution >= 4 is 67.3 Å². The first-order valence-corrected chi connectivity index (χ1v) is 13.5. The van der Waals surface area contributed by atoms with Crippen LogP contribution in [0.4, 0.5) is 0 Å². The molecule has 3 aromatic rings. The highest BCUT2D eigenvalue weighted by atomic mass is 127. The molecule has 0 amide bonds. The second kappa shape index (κ2) is 10.2. The maximum atomic E-state index is 13.0. The summed E-state index contributed by atoms with van der Waals surface area (Å²) in [5, 5.41) is 0. The number of carbonyl (C=O) groups is 1. The zero-order valence-electron chi connectivity index (χ0n) is 18.2. The van der Waals surface area contributed by atoms with Gasteiger partial charge in [-0.25, -0.2) is 13.2 Å². The lowest BCUT2D eigenvalue weighted by Gasteiger charge is -2.19. The van der Waals surface area contributed by atoms with E-state index in [1.54, 1.807) is 32.9 Å². The van der Waals surface area contributed by atoms with Crippen LogP contribution in [0.15, 0.2) is 60.0 Å². The summed E-state index contributed by atoms with van der Waals surface area (Å²) in [6.45, 7) is 8.92. The van der Waals surface area contributed by atoms with Crippen molar-refractivity contribution in [3.63, 3.8) is 0 Å². The normalized spacial score (nSPS) is 11.5. The highest BCUT2D eigenvalue weighted by molar-refractivity contribution is 14.1. The molecule has 0 atom stereocenters. The summed E-state index contributed by atoms with van der Waals surface area (Å²) in [5.41, 5.74) is 4.16. The van der Waals surface area contributed by atoms with E-state index in [9.17, 15) is 17.8 Å². The predicted molar refractivity (Wildman–Crippen MR) is 146 cm³/mol. The van der Waals surface area contributed by atoms with Crippen molar-refractivity contribution in [3.05, 3.63) is 84.5 Å². The first kappa shape index (κ1) is 25.9. The Kier molecular flexibility index (Phi) is 8.03. The molecule has 3 aromatic carbocycles. The summed E-state index contributed by atoms with van der Waals surface area (Å²) in [7, 11) is -4.64. The molecule has 0 radical (unpaired) electrons. The van der Waals surface area contributed by atoms with Crippen LogP contribution in [0.5, 0.6) is 5.75 Å². The number of hydrogen-bond acceptors (Lipinski definition) is 5. The Morgan fingerprint density at radius 3 is 2.24 bits per heavy atom. The summed E-state index contributed by atoms with van der Waals surface area (Å²) in [6, 6.07) is 14.4. The smallest absolute Gasteiger partial charge is 0.344 e. The molecule has 172 valence electrons. The summed E-state index contributed by atoms with van der Waals surface area (Å²) < 4.78 is 42.2. The minimum atomic E-state index is -4.64. The fourth-order valence-electron chi connectivity index (χ4n) is 3.33. The van der Waals surface area contributed by atoms with Gasteiger partial charge in [-0.2, -0.15) is 0 Å². The standard InChI is InChI=1S/C25H22I2O5S/c1-5-16-6-8-17(9-7-16)19-11-22(27)20(12-21(19)26)25(28)32-23-13-18(14(2)3)24(10-15(23)4)33(29,30)31/h5-14H,1H2,2-4H3,(H,29,30,31)/p-1. The first-order chi connectivity index (χ1) is 15.4. The van der Waals surface area contributed by atoms with E-state index in [1.165, 1.54) is 12.1 Å². The van der Waals surface area contributed by atoms with E-state index in [1.807, 2.05) is 30.3 Å². The Morgan fingerprint density at radius 1 is 1.06 bits per heavy atom. The van der Waals surface area contributed by atoms with E-state index in [4.69, 9.17) is 4.74 Å². The molecular weight excluding hydrogens is 666 g/mol. The third kappa shape index (κ3) is 5.84. The van der Waals surface area contributed by atoms with Crippen LogP contribution in [0.3, 0.4) is 0 Å². The summed E-state index contributed by atoms with van der Waals surface area (Å²) >= 11 is 4.29. The third-order valence-corrected chi connectivity index (χ3v) is 7.81. The fraction of sp³-hybridized carbons (Fsp3) is 0.160. The molecule has 5 nitrogen and oxygen atoms in total. The molecule has 0 aliphatic rings. The topological polar surface area (TPSA) is 83.5 Å². The highest BCUT2D eigenvalue weighted by Crippen LogP contribution is 2.33. The average Bonchev–Trinajstić information content (AvgIpc) is 2.75. The van der Waals surface area contributed by atoms with Crippen molar-refractivity contribution in [2.45, 2.75) is 31.6 Å². The number of hydrogen-bond donors (Lipinski definition) is 0. The Hall–Kier alpha value is -1.76. The van der Waals surface area contributed by atoms with E-state index >= 15 is 0 Å². The van der Waals surface area contributed by atoms with Gasteiger partial charge >= 0.3 is 5.97 Å². The Morgan fingerprint density at radius 2 is 1.70 bits per heavy atom. The van der Waals surface area contributed by atoms with Gasteiger partial charge in [0.05, 0.1) is 10.5 Å². The number of ether oxygens (including phenoxy) is 1.